The normalized spacial score (nSPS) is 17.2. The molecular weight excluding hydrogens is 730 g/mol. The highest BCUT2D eigenvalue weighted by molar-refractivity contribution is 6.00. The molecule has 1 unspecified atom stereocenters. The molecule has 56 heavy (non-hydrogen) atoms. The summed E-state index contributed by atoms with van der Waals surface area (Å²) in [6.07, 6.45) is 2.16. The van der Waals surface area contributed by atoms with E-state index in [2.05, 4.69) is 65.1 Å². The van der Waals surface area contributed by atoms with Crippen LogP contribution in [0.15, 0.2) is 67.1 Å². The predicted molar refractivity (Wildman–Crippen MR) is 197 cm³/mol. The summed E-state index contributed by atoms with van der Waals surface area (Å²) < 4.78 is 56.8. The summed E-state index contributed by atoms with van der Waals surface area (Å²) in [5.41, 5.74) is 3.89. The second-order valence-electron chi connectivity index (χ2n) is 15.0. The van der Waals surface area contributed by atoms with Crippen molar-refractivity contribution in [2.75, 3.05) is 13.1 Å². The lowest BCUT2D eigenvalue weighted by molar-refractivity contribution is -0.182. The van der Waals surface area contributed by atoms with E-state index in [0.29, 0.717) is 17.7 Å². The first-order chi connectivity index (χ1) is 26.7. The number of benzene rings is 2. The van der Waals surface area contributed by atoms with Crippen LogP contribution in [0, 0.1) is 12.7 Å². The molecule has 3 amide bonds. The first kappa shape index (κ1) is 38.5. The van der Waals surface area contributed by atoms with Gasteiger partial charge in [0.15, 0.2) is 5.82 Å². The number of nitrogens with zero attached hydrogens (tertiary/aromatic N) is 6. The number of halogens is 4. The number of alkyl halides is 3. The molecule has 2 saturated heterocycles. The maximum Gasteiger partial charge on any atom is 0.401 e. The van der Waals surface area contributed by atoms with Crippen LogP contribution in [0.2, 0.25) is 0 Å². The third kappa shape index (κ3) is 8.10. The Hall–Kier alpha value is -5.77. The van der Waals surface area contributed by atoms with Gasteiger partial charge in [-0.05, 0) is 99.1 Å². The van der Waals surface area contributed by atoms with E-state index in [1.165, 1.54) is 12.3 Å². The van der Waals surface area contributed by atoms with Gasteiger partial charge in [-0.1, -0.05) is 30.3 Å². The van der Waals surface area contributed by atoms with Crippen molar-refractivity contribution in [2.24, 2.45) is 0 Å². The summed E-state index contributed by atoms with van der Waals surface area (Å²) >= 11 is 0. The number of rotatable bonds is 10. The zero-order valence-corrected chi connectivity index (χ0v) is 31.1. The van der Waals surface area contributed by atoms with Crippen LogP contribution in [0.5, 0.6) is 0 Å². The third-order valence-electron chi connectivity index (χ3n) is 10.7. The Balaban J connectivity index is 0.908. The largest absolute Gasteiger partial charge is 0.401 e. The van der Waals surface area contributed by atoms with Gasteiger partial charge in [0, 0.05) is 31.3 Å². The van der Waals surface area contributed by atoms with E-state index >= 15 is 4.39 Å². The summed E-state index contributed by atoms with van der Waals surface area (Å²) in [4.78, 5) is 47.2. The number of carbonyl (C=O) groups excluding carboxylic acids is 3. The monoisotopic (exact) mass is 771 g/mol. The number of hydrogen-bond acceptors (Lipinski definition) is 8. The van der Waals surface area contributed by atoms with Crippen molar-refractivity contribution in [3.05, 3.63) is 113 Å². The van der Waals surface area contributed by atoms with Crippen LogP contribution in [0.1, 0.15) is 95.8 Å². The predicted octanol–water partition coefficient (Wildman–Crippen LogP) is 6.17. The van der Waals surface area contributed by atoms with Crippen LogP contribution in [0.4, 0.5) is 17.6 Å². The summed E-state index contributed by atoms with van der Waals surface area (Å²) in [5.74, 6) is -2.46. The quantitative estimate of drug-likeness (QED) is 0.113. The number of H-pyrrole nitrogens is 1. The van der Waals surface area contributed by atoms with Crippen molar-refractivity contribution in [2.45, 2.75) is 83.0 Å². The molecule has 2 aliphatic heterocycles. The molecule has 3 aromatic heterocycles. The van der Waals surface area contributed by atoms with Gasteiger partial charge in [-0.15, -0.1) is 0 Å². The molecule has 7 rings (SSSR count). The first-order valence-electron chi connectivity index (χ1n) is 18.4. The fraction of sp³-hybridized carbons (Fsp3) is 0.375. The molecule has 5 heterocycles. The lowest BCUT2D eigenvalue weighted by Crippen LogP contribution is -2.39. The number of imide groups is 1. The van der Waals surface area contributed by atoms with E-state index < -0.39 is 41.0 Å². The van der Waals surface area contributed by atoms with Gasteiger partial charge >= 0.3 is 6.18 Å². The van der Waals surface area contributed by atoms with E-state index in [4.69, 9.17) is 0 Å². The molecule has 2 aliphatic rings. The highest BCUT2D eigenvalue weighted by atomic mass is 19.4. The zero-order valence-electron chi connectivity index (χ0n) is 31.1. The number of likely N-dealkylation sites (tertiary alicyclic amines) is 1. The molecule has 0 spiro atoms. The minimum atomic E-state index is -4.53. The zero-order chi connectivity index (χ0) is 39.8. The summed E-state index contributed by atoms with van der Waals surface area (Å²) in [6, 6.07) is 15.7. The molecule has 0 bridgehead atoms. The minimum absolute atomic E-state index is 0.00904. The average Bonchev–Trinajstić information content (AvgIpc) is 3.86. The van der Waals surface area contributed by atoms with Gasteiger partial charge in [0.05, 0.1) is 35.6 Å². The van der Waals surface area contributed by atoms with Gasteiger partial charge in [0.2, 0.25) is 11.8 Å². The van der Waals surface area contributed by atoms with Crippen molar-refractivity contribution >= 4 is 17.7 Å². The van der Waals surface area contributed by atoms with E-state index in [1.54, 1.807) is 17.1 Å². The van der Waals surface area contributed by atoms with E-state index in [0.717, 1.165) is 74.3 Å². The van der Waals surface area contributed by atoms with Gasteiger partial charge in [-0.3, -0.25) is 34.7 Å². The van der Waals surface area contributed by atoms with Crippen LogP contribution in [-0.4, -0.2) is 71.8 Å². The summed E-state index contributed by atoms with van der Waals surface area (Å²) in [6.45, 7) is 6.16. The number of aryl methyl sites for hydroxylation is 1. The molecule has 2 fully saturated rings. The number of amides is 3. The van der Waals surface area contributed by atoms with Crippen molar-refractivity contribution in [3.63, 3.8) is 0 Å². The number of pyridine rings is 1. The Kier molecular flexibility index (Phi) is 10.6. The third-order valence-corrected chi connectivity index (χ3v) is 10.7. The SMILES string of the molecule is Cc1cc(-c2ccc(CN3CCC(c4ncc(C5CCC(=O)NC5=O)cc4F)CC3)cc2)ccc1-n1cc(C(=O)NCc2nc(C(C)(C)C(F)(F)F)n[nH]2)cn1. The lowest BCUT2D eigenvalue weighted by atomic mass is 9.89. The van der Waals surface area contributed by atoms with Gasteiger partial charge in [-0.2, -0.15) is 23.4 Å². The van der Waals surface area contributed by atoms with Crippen LogP contribution in [0.3, 0.4) is 0 Å². The molecule has 0 radical (unpaired) electrons. The maximum absolute atomic E-state index is 15.2. The van der Waals surface area contributed by atoms with Gasteiger partial charge in [0.25, 0.3) is 5.91 Å². The smallest absolute Gasteiger partial charge is 0.345 e. The van der Waals surface area contributed by atoms with Crippen LogP contribution in [0.25, 0.3) is 16.8 Å². The molecular formula is C40H41F4N9O3. The van der Waals surface area contributed by atoms with E-state index in [-0.39, 0.29) is 36.2 Å². The fourth-order valence-electron chi connectivity index (χ4n) is 7.10. The van der Waals surface area contributed by atoms with E-state index in [9.17, 15) is 27.6 Å². The van der Waals surface area contributed by atoms with Crippen LogP contribution >= 0.6 is 0 Å². The Morgan fingerprint density at radius 3 is 2.39 bits per heavy atom. The second-order valence-corrected chi connectivity index (χ2v) is 15.0. The minimum Gasteiger partial charge on any atom is -0.345 e. The second kappa shape index (κ2) is 15.4. The number of aromatic nitrogens is 6. The van der Waals surface area contributed by atoms with Crippen molar-refractivity contribution in [1.82, 2.24) is 45.5 Å². The standard InChI is InChI=1S/C40H41F4N9O3/c1-23-16-27(8-10-32(23)53-22-29(19-47-53)36(55)46-20-33-48-38(51-50-33)39(2,3)40(42,43)44)25-6-4-24(5-7-25)21-52-14-12-26(13-15-52)35-31(41)17-28(18-45-35)30-9-11-34(54)49-37(30)56/h4-8,10,16-19,22,26,30H,9,11-15,20-21H2,1-3H3,(H,46,55)(H,48,50,51)(H,49,54,56). The molecule has 16 heteroatoms. The summed E-state index contributed by atoms with van der Waals surface area (Å²) in [5, 5.41) is 15.5. The number of piperidine rings is 2. The number of carbonyl (C=O) groups is 3. The highest BCUT2D eigenvalue weighted by Crippen LogP contribution is 2.38. The van der Waals surface area contributed by atoms with Crippen LogP contribution in [-0.2, 0) is 28.1 Å². The van der Waals surface area contributed by atoms with Crippen molar-refractivity contribution in [1.29, 1.82) is 0 Å². The molecule has 5 aromatic rings. The highest BCUT2D eigenvalue weighted by Gasteiger charge is 2.51. The van der Waals surface area contributed by atoms with Crippen molar-refractivity contribution in [3.8, 4) is 16.8 Å². The fourth-order valence-corrected chi connectivity index (χ4v) is 7.10. The molecule has 292 valence electrons. The van der Waals surface area contributed by atoms with Gasteiger partial charge in [-0.25, -0.2) is 14.1 Å². The molecule has 3 N–H and O–H groups in total. The molecule has 12 nitrogen and oxygen atoms in total. The number of hydrogen-bond donors (Lipinski definition) is 3. The maximum atomic E-state index is 15.2. The van der Waals surface area contributed by atoms with Gasteiger partial charge < -0.3 is 5.32 Å². The van der Waals surface area contributed by atoms with E-state index in [1.807, 2.05) is 25.1 Å². The average molecular weight is 772 g/mol. The Morgan fingerprint density at radius 1 is 0.982 bits per heavy atom. The molecule has 0 aliphatic carbocycles. The first-order valence-corrected chi connectivity index (χ1v) is 18.4. The molecule has 2 aromatic carbocycles. The molecule has 1 atom stereocenters. The Morgan fingerprint density at radius 2 is 1.71 bits per heavy atom. The Labute approximate surface area is 320 Å². The molecule has 0 saturated carbocycles. The number of aromatic amines is 1. The van der Waals surface area contributed by atoms with Crippen molar-refractivity contribution < 1.29 is 31.9 Å². The van der Waals surface area contributed by atoms with Gasteiger partial charge in [0.1, 0.15) is 17.1 Å². The number of nitrogens with one attached hydrogen (secondary N) is 3. The lowest BCUT2D eigenvalue weighted by Gasteiger charge is -2.32. The topological polar surface area (TPSA) is 151 Å². The summed E-state index contributed by atoms with van der Waals surface area (Å²) in [7, 11) is 0. The van der Waals surface area contributed by atoms with Crippen LogP contribution < -0.4 is 10.6 Å². The Bertz CT molecular complexity index is 2260.